The first-order valence-electron chi connectivity index (χ1n) is 6.70. The Morgan fingerprint density at radius 3 is 2.32 bits per heavy atom. The summed E-state index contributed by atoms with van der Waals surface area (Å²) in [6.07, 6.45) is -3.64. The molecule has 1 saturated carbocycles. The largest absolute Gasteiger partial charge is 0.466 e. The summed E-state index contributed by atoms with van der Waals surface area (Å²) in [6, 6.07) is 0. The van der Waals surface area contributed by atoms with Crippen LogP contribution in [-0.2, 0) is 14.3 Å². The van der Waals surface area contributed by atoms with Crippen molar-refractivity contribution < 1.29 is 27.4 Å². The van der Waals surface area contributed by atoms with E-state index in [1.54, 1.807) is 6.92 Å². The highest BCUT2D eigenvalue weighted by Crippen LogP contribution is 2.30. The minimum atomic E-state index is -4.19. The summed E-state index contributed by atoms with van der Waals surface area (Å²) >= 11 is 0. The Hall–Kier alpha value is -0.780. The van der Waals surface area contributed by atoms with E-state index in [1.165, 1.54) is 6.92 Å². The lowest BCUT2D eigenvalue weighted by Crippen LogP contribution is -2.31. The number of carbonyl (C=O) groups excluding carboxylic acids is 1. The zero-order valence-corrected chi connectivity index (χ0v) is 11.3. The topological polar surface area (TPSA) is 35.5 Å². The van der Waals surface area contributed by atoms with Gasteiger partial charge in [0.1, 0.15) is 0 Å². The first kappa shape index (κ1) is 16.3. The molecular formula is C13H21F3O3. The number of rotatable bonds is 5. The first-order chi connectivity index (χ1) is 8.81. The number of halogens is 3. The van der Waals surface area contributed by atoms with Crippen LogP contribution in [-0.4, -0.2) is 31.0 Å². The molecule has 0 spiro atoms. The fourth-order valence-corrected chi connectivity index (χ4v) is 2.40. The molecule has 1 unspecified atom stereocenters. The lowest BCUT2D eigenvalue weighted by atomic mass is 9.87. The Balaban J connectivity index is 2.28. The van der Waals surface area contributed by atoms with Crippen LogP contribution in [0.4, 0.5) is 13.2 Å². The highest BCUT2D eigenvalue weighted by atomic mass is 19.4. The van der Waals surface area contributed by atoms with Crippen molar-refractivity contribution in [1.82, 2.24) is 0 Å². The average molecular weight is 282 g/mol. The van der Waals surface area contributed by atoms with Crippen molar-refractivity contribution in [1.29, 1.82) is 0 Å². The molecule has 3 nitrogen and oxygen atoms in total. The summed E-state index contributed by atoms with van der Waals surface area (Å²) in [5, 5.41) is 0. The van der Waals surface area contributed by atoms with Gasteiger partial charge in [0.25, 0.3) is 0 Å². The molecule has 1 rings (SSSR count). The minimum Gasteiger partial charge on any atom is -0.466 e. The minimum absolute atomic E-state index is 0.127. The number of ether oxygens (including phenoxy) is 2. The Morgan fingerprint density at radius 2 is 1.84 bits per heavy atom. The fourth-order valence-electron chi connectivity index (χ4n) is 2.40. The lowest BCUT2D eigenvalue weighted by Gasteiger charge is -2.29. The van der Waals surface area contributed by atoms with Gasteiger partial charge in [-0.05, 0) is 39.5 Å². The zero-order valence-electron chi connectivity index (χ0n) is 11.3. The van der Waals surface area contributed by atoms with Gasteiger partial charge in [-0.1, -0.05) is 0 Å². The summed E-state index contributed by atoms with van der Waals surface area (Å²) in [4.78, 5) is 11.5. The van der Waals surface area contributed by atoms with E-state index in [1.807, 2.05) is 0 Å². The Labute approximate surface area is 111 Å². The second-order valence-corrected chi connectivity index (χ2v) is 4.99. The maximum Gasteiger partial charge on any atom is 0.391 e. The van der Waals surface area contributed by atoms with Crippen LogP contribution in [0.1, 0.15) is 46.0 Å². The Bertz CT molecular complexity index is 283. The van der Waals surface area contributed by atoms with Crippen molar-refractivity contribution in [2.75, 3.05) is 6.61 Å². The van der Waals surface area contributed by atoms with Crippen molar-refractivity contribution in [3.05, 3.63) is 0 Å². The molecule has 0 amide bonds. The lowest BCUT2D eigenvalue weighted by molar-refractivity contribution is -0.167. The van der Waals surface area contributed by atoms with Crippen molar-refractivity contribution >= 4 is 5.97 Å². The molecule has 0 heterocycles. The average Bonchev–Trinajstić information content (AvgIpc) is 2.27. The smallest absolute Gasteiger partial charge is 0.391 e. The predicted molar refractivity (Wildman–Crippen MR) is 63.6 cm³/mol. The molecule has 1 aliphatic carbocycles. The van der Waals surface area contributed by atoms with Gasteiger partial charge in [0, 0.05) is 0 Å². The van der Waals surface area contributed by atoms with E-state index in [-0.39, 0.29) is 18.0 Å². The monoisotopic (exact) mass is 282 g/mol. The summed E-state index contributed by atoms with van der Waals surface area (Å²) in [6.45, 7) is 3.55. The van der Waals surface area contributed by atoms with Gasteiger partial charge in [0.05, 0.1) is 31.2 Å². The van der Waals surface area contributed by atoms with Crippen LogP contribution in [0.15, 0.2) is 0 Å². The number of hydrogen-bond donors (Lipinski definition) is 0. The third-order valence-electron chi connectivity index (χ3n) is 3.24. The highest BCUT2D eigenvalue weighted by Gasteiger charge is 2.33. The molecule has 0 aromatic heterocycles. The van der Waals surface area contributed by atoms with E-state index >= 15 is 0 Å². The van der Waals surface area contributed by atoms with Gasteiger partial charge in [-0.15, -0.1) is 0 Å². The van der Waals surface area contributed by atoms with E-state index in [4.69, 9.17) is 9.47 Å². The second-order valence-electron chi connectivity index (χ2n) is 4.99. The van der Waals surface area contributed by atoms with E-state index in [2.05, 4.69) is 0 Å². The van der Waals surface area contributed by atoms with Crippen LogP contribution < -0.4 is 0 Å². The van der Waals surface area contributed by atoms with Gasteiger partial charge < -0.3 is 9.47 Å². The van der Waals surface area contributed by atoms with Crippen LogP contribution in [0.5, 0.6) is 0 Å². The van der Waals surface area contributed by atoms with Crippen molar-refractivity contribution in [2.45, 2.75) is 64.3 Å². The fraction of sp³-hybridized carbons (Fsp3) is 0.923. The van der Waals surface area contributed by atoms with Gasteiger partial charge in [0.2, 0.25) is 0 Å². The maximum absolute atomic E-state index is 12.2. The predicted octanol–water partition coefficient (Wildman–Crippen LogP) is 3.47. The van der Waals surface area contributed by atoms with Gasteiger partial charge >= 0.3 is 12.1 Å². The van der Waals surface area contributed by atoms with Crippen molar-refractivity contribution in [3.63, 3.8) is 0 Å². The van der Waals surface area contributed by atoms with Crippen LogP contribution in [0.3, 0.4) is 0 Å². The summed E-state index contributed by atoms with van der Waals surface area (Å²) in [5.74, 6) is -0.331. The molecule has 0 aliphatic heterocycles. The molecule has 0 bridgehead atoms. The molecule has 6 heteroatoms. The highest BCUT2D eigenvalue weighted by molar-refractivity contribution is 5.72. The number of carbonyl (C=O) groups is 1. The molecule has 19 heavy (non-hydrogen) atoms. The quantitative estimate of drug-likeness (QED) is 0.724. The molecule has 0 aromatic carbocycles. The molecule has 0 aromatic rings. The first-order valence-corrected chi connectivity index (χ1v) is 6.70. The van der Waals surface area contributed by atoms with Crippen molar-refractivity contribution in [3.8, 4) is 0 Å². The van der Waals surface area contributed by atoms with Crippen LogP contribution in [0.25, 0.3) is 0 Å². The number of alkyl halides is 3. The molecule has 0 N–H and O–H groups in total. The zero-order chi connectivity index (χ0) is 14.5. The third kappa shape index (κ3) is 6.27. The van der Waals surface area contributed by atoms with Crippen LogP contribution >= 0.6 is 0 Å². The molecule has 1 aliphatic rings. The molecule has 112 valence electrons. The standard InChI is InChI=1S/C13H21F3O3/c1-3-18-12(17)10-4-6-11(7-5-10)19-9(2)8-13(14,15)16/h9-11H,3-8H2,1-2H3/t9?,10-,11-. The normalized spacial score (nSPS) is 25.9. The third-order valence-corrected chi connectivity index (χ3v) is 3.24. The van der Waals surface area contributed by atoms with Gasteiger partial charge in [-0.2, -0.15) is 13.2 Å². The molecule has 0 saturated heterocycles. The van der Waals surface area contributed by atoms with Crippen LogP contribution in [0, 0.1) is 5.92 Å². The van der Waals surface area contributed by atoms with E-state index in [0.29, 0.717) is 32.3 Å². The van der Waals surface area contributed by atoms with E-state index < -0.39 is 18.7 Å². The summed E-state index contributed by atoms with van der Waals surface area (Å²) < 4.78 is 46.8. The number of esters is 1. The maximum atomic E-state index is 12.2. The SMILES string of the molecule is CCOC(=O)[C@H]1CC[C@H](OC(C)CC(F)(F)F)CC1. The summed E-state index contributed by atoms with van der Waals surface area (Å²) in [7, 11) is 0. The van der Waals surface area contributed by atoms with Crippen LogP contribution in [0.2, 0.25) is 0 Å². The summed E-state index contributed by atoms with van der Waals surface area (Å²) in [5.41, 5.74) is 0. The van der Waals surface area contributed by atoms with Crippen molar-refractivity contribution in [2.24, 2.45) is 5.92 Å². The molecular weight excluding hydrogens is 261 g/mol. The van der Waals surface area contributed by atoms with Gasteiger partial charge in [-0.3, -0.25) is 4.79 Å². The Morgan fingerprint density at radius 1 is 1.26 bits per heavy atom. The molecule has 0 radical (unpaired) electrons. The Kier molecular flexibility index (Phi) is 6.10. The van der Waals surface area contributed by atoms with E-state index in [0.717, 1.165) is 0 Å². The number of hydrogen-bond acceptors (Lipinski definition) is 3. The second kappa shape index (κ2) is 7.12. The molecule has 1 fully saturated rings. The van der Waals surface area contributed by atoms with Gasteiger partial charge in [0.15, 0.2) is 0 Å². The van der Waals surface area contributed by atoms with Gasteiger partial charge in [-0.25, -0.2) is 0 Å². The molecule has 1 atom stereocenters. The van der Waals surface area contributed by atoms with E-state index in [9.17, 15) is 18.0 Å².